The molecule has 4 heteroatoms. The van der Waals surface area contributed by atoms with Gasteiger partial charge in [-0.25, -0.2) is 0 Å². The summed E-state index contributed by atoms with van der Waals surface area (Å²) in [6, 6.07) is 15.5. The van der Waals surface area contributed by atoms with E-state index in [4.69, 9.17) is 27.9 Å². The SMILES string of the molecule is Clc1ccc2cc(COc3ccccc3Cl)sc2c1. The summed E-state index contributed by atoms with van der Waals surface area (Å²) in [6.45, 7) is 0.515. The van der Waals surface area contributed by atoms with Crippen LogP contribution in [-0.2, 0) is 6.61 Å². The number of halogens is 2. The summed E-state index contributed by atoms with van der Waals surface area (Å²) in [5.41, 5.74) is 0. The third-order valence-corrected chi connectivity index (χ3v) is 4.36. The first-order chi connectivity index (χ1) is 9.22. The van der Waals surface area contributed by atoms with E-state index >= 15 is 0 Å². The van der Waals surface area contributed by atoms with Crippen LogP contribution in [0.1, 0.15) is 4.88 Å². The zero-order valence-corrected chi connectivity index (χ0v) is 12.2. The van der Waals surface area contributed by atoms with Crippen LogP contribution in [0.25, 0.3) is 10.1 Å². The number of thiophene rings is 1. The highest BCUT2D eigenvalue weighted by Gasteiger charge is 2.05. The molecule has 0 saturated carbocycles. The highest BCUT2D eigenvalue weighted by atomic mass is 35.5. The van der Waals surface area contributed by atoms with Crippen molar-refractivity contribution in [2.24, 2.45) is 0 Å². The molecule has 0 spiro atoms. The average Bonchev–Trinajstić information content (AvgIpc) is 2.79. The predicted octanol–water partition coefficient (Wildman–Crippen LogP) is 5.79. The second-order valence-corrected chi connectivity index (χ2v) is 6.13. The fourth-order valence-electron chi connectivity index (χ4n) is 1.84. The number of para-hydroxylation sites is 1. The van der Waals surface area contributed by atoms with E-state index in [1.54, 1.807) is 11.3 Å². The Morgan fingerprint density at radius 1 is 1.00 bits per heavy atom. The Labute approximate surface area is 125 Å². The van der Waals surface area contributed by atoms with E-state index in [1.165, 1.54) is 10.1 Å². The lowest BCUT2D eigenvalue weighted by Gasteiger charge is -2.05. The van der Waals surface area contributed by atoms with E-state index in [1.807, 2.05) is 42.5 Å². The molecule has 0 amide bonds. The summed E-state index contributed by atoms with van der Waals surface area (Å²) in [4.78, 5) is 1.15. The molecule has 1 aromatic heterocycles. The lowest BCUT2D eigenvalue weighted by Crippen LogP contribution is -1.92. The quantitative estimate of drug-likeness (QED) is 0.595. The molecule has 0 aliphatic carbocycles. The first kappa shape index (κ1) is 12.8. The maximum absolute atomic E-state index is 6.05. The predicted molar refractivity (Wildman–Crippen MR) is 82.6 cm³/mol. The van der Waals surface area contributed by atoms with Gasteiger partial charge in [0.05, 0.1) is 5.02 Å². The van der Waals surface area contributed by atoms with Gasteiger partial charge in [-0.15, -0.1) is 11.3 Å². The molecular weight excluding hydrogens is 299 g/mol. The molecule has 0 unspecified atom stereocenters. The van der Waals surface area contributed by atoms with Crippen molar-refractivity contribution < 1.29 is 4.74 Å². The van der Waals surface area contributed by atoms with Crippen molar-refractivity contribution in [2.75, 3.05) is 0 Å². The van der Waals surface area contributed by atoms with Crippen molar-refractivity contribution in [1.29, 1.82) is 0 Å². The smallest absolute Gasteiger partial charge is 0.138 e. The molecule has 2 aromatic carbocycles. The molecule has 0 aliphatic rings. The van der Waals surface area contributed by atoms with Crippen LogP contribution in [-0.4, -0.2) is 0 Å². The Balaban J connectivity index is 1.80. The molecule has 3 rings (SSSR count). The van der Waals surface area contributed by atoms with Crippen molar-refractivity contribution in [3.8, 4) is 5.75 Å². The molecule has 0 N–H and O–H groups in total. The van der Waals surface area contributed by atoms with Gasteiger partial charge in [-0.05, 0) is 35.7 Å². The number of hydrogen-bond donors (Lipinski definition) is 0. The minimum atomic E-state index is 0.515. The van der Waals surface area contributed by atoms with Gasteiger partial charge in [-0.2, -0.15) is 0 Å². The Morgan fingerprint density at radius 2 is 1.84 bits per heavy atom. The van der Waals surface area contributed by atoms with E-state index < -0.39 is 0 Å². The Morgan fingerprint density at radius 3 is 2.68 bits per heavy atom. The lowest BCUT2D eigenvalue weighted by molar-refractivity contribution is 0.310. The maximum atomic E-state index is 6.05. The molecule has 0 fully saturated rings. The molecule has 0 saturated heterocycles. The van der Waals surface area contributed by atoms with E-state index in [0.717, 1.165) is 9.90 Å². The summed E-state index contributed by atoms with van der Waals surface area (Å²) < 4.78 is 6.90. The normalized spacial score (nSPS) is 10.8. The summed E-state index contributed by atoms with van der Waals surface area (Å²) in [7, 11) is 0. The molecule has 0 bridgehead atoms. The highest BCUT2D eigenvalue weighted by molar-refractivity contribution is 7.19. The van der Waals surface area contributed by atoms with Crippen LogP contribution < -0.4 is 4.74 Å². The average molecular weight is 309 g/mol. The van der Waals surface area contributed by atoms with Crippen molar-refractivity contribution in [3.63, 3.8) is 0 Å². The molecule has 19 heavy (non-hydrogen) atoms. The second-order valence-electron chi connectivity index (χ2n) is 4.11. The number of hydrogen-bond acceptors (Lipinski definition) is 2. The van der Waals surface area contributed by atoms with Gasteiger partial charge in [-0.1, -0.05) is 41.4 Å². The maximum Gasteiger partial charge on any atom is 0.138 e. The van der Waals surface area contributed by atoms with E-state index in [2.05, 4.69) is 6.07 Å². The van der Waals surface area contributed by atoms with Gasteiger partial charge in [0.1, 0.15) is 12.4 Å². The molecular formula is C15H10Cl2OS. The third-order valence-electron chi connectivity index (χ3n) is 2.74. The second kappa shape index (κ2) is 5.41. The van der Waals surface area contributed by atoms with Crippen molar-refractivity contribution in [2.45, 2.75) is 6.61 Å². The van der Waals surface area contributed by atoms with Crippen molar-refractivity contribution in [1.82, 2.24) is 0 Å². The van der Waals surface area contributed by atoms with Crippen LogP contribution in [0.3, 0.4) is 0 Å². The number of rotatable bonds is 3. The topological polar surface area (TPSA) is 9.23 Å². The molecule has 1 heterocycles. The van der Waals surface area contributed by atoms with Gasteiger partial charge in [0, 0.05) is 14.6 Å². The molecule has 0 atom stereocenters. The van der Waals surface area contributed by atoms with Gasteiger partial charge in [0.15, 0.2) is 0 Å². The molecule has 0 aliphatic heterocycles. The van der Waals surface area contributed by atoms with Crippen LogP contribution in [0.5, 0.6) is 5.75 Å². The van der Waals surface area contributed by atoms with Crippen LogP contribution in [0, 0.1) is 0 Å². The van der Waals surface area contributed by atoms with Gasteiger partial charge in [-0.3, -0.25) is 0 Å². The van der Waals surface area contributed by atoms with Crippen LogP contribution >= 0.6 is 34.5 Å². The number of ether oxygens (including phenoxy) is 1. The number of benzene rings is 2. The molecule has 96 valence electrons. The molecule has 3 aromatic rings. The van der Waals surface area contributed by atoms with Gasteiger partial charge in [0.2, 0.25) is 0 Å². The zero-order valence-electron chi connectivity index (χ0n) is 9.90. The first-order valence-corrected chi connectivity index (χ1v) is 7.35. The van der Waals surface area contributed by atoms with Crippen LogP contribution in [0.2, 0.25) is 10.0 Å². The third kappa shape index (κ3) is 2.86. The van der Waals surface area contributed by atoms with Gasteiger partial charge < -0.3 is 4.74 Å². The largest absolute Gasteiger partial charge is 0.487 e. The molecule has 1 nitrogen and oxygen atoms in total. The summed E-state index contributed by atoms with van der Waals surface area (Å²) in [5.74, 6) is 0.708. The fraction of sp³-hybridized carbons (Fsp3) is 0.0667. The minimum Gasteiger partial charge on any atom is -0.487 e. The Bertz CT molecular complexity index is 721. The standard InChI is InChI=1S/C15H10Cl2OS/c16-11-6-5-10-7-12(19-15(10)8-11)9-18-14-4-2-1-3-13(14)17/h1-8H,9H2. The van der Waals surface area contributed by atoms with Gasteiger partial charge in [0.25, 0.3) is 0 Å². The summed E-state index contributed by atoms with van der Waals surface area (Å²) in [5, 5.41) is 2.58. The lowest BCUT2D eigenvalue weighted by atomic mass is 10.2. The van der Waals surface area contributed by atoms with E-state index in [-0.39, 0.29) is 0 Å². The minimum absolute atomic E-state index is 0.515. The monoisotopic (exact) mass is 308 g/mol. The summed E-state index contributed by atoms with van der Waals surface area (Å²) >= 11 is 13.7. The zero-order chi connectivity index (χ0) is 13.2. The van der Waals surface area contributed by atoms with E-state index in [9.17, 15) is 0 Å². The highest BCUT2D eigenvalue weighted by Crippen LogP contribution is 2.30. The molecule has 0 radical (unpaired) electrons. The Kier molecular flexibility index (Phi) is 3.65. The van der Waals surface area contributed by atoms with E-state index in [0.29, 0.717) is 17.4 Å². The first-order valence-electron chi connectivity index (χ1n) is 5.78. The Hall–Kier alpha value is -1.22. The van der Waals surface area contributed by atoms with Crippen molar-refractivity contribution in [3.05, 3.63) is 63.5 Å². The van der Waals surface area contributed by atoms with Gasteiger partial charge >= 0.3 is 0 Å². The van der Waals surface area contributed by atoms with Crippen LogP contribution in [0.15, 0.2) is 48.5 Å². The summed E-state index contributed by atoms with van der Waals surface area (Å²) in [6.07, 6.45) is 0. The number of fused-ring (bicyclic) bond motifs is 1. The van der Waals surface area contributed by atoms with Crippen LogP contribution in [0.4, 0.5) is 0 Å². The fourth-order valence-corrected chi connectivity index (χ4v) is 3.29. The van der Waals surface area contributed by atoms with Crippen molar-refractivity contribution >= 4 is 44.6 Å².